The fourth-order valence-electron chi connectivity index (χ4n) is 1.37. The van der Waals surface area contributed by atoms with Crippen LogP contribution in [0.2, 0.25) is 5.02 Å². The smallest absolute Gasteiger partial charge is 0.188 e. The van der Waals surface area contributed by atoms with Gasteiger partial charge in [-0.25, -0.2) is 0 Å². The van der Waals surface area contributed by atoms with Gasteiger partial charge in [0.2, 0.25) is 0 Å². The fraction of sp³-hybridized carbons (Fsp3) is 0.364. The van der Waals surface area contributed by atoms with E-state index in [1.54, 1.807) is 12.1 Å². The second-order valence-electron chi connectivity index (χ2n) is 3.02. The van der Waals surface area contributed by atoms with Crippen LogP contribution in [0.5, 0.6) is 11.5 Å². The summed E-state index contributed by atoms with van der Waals surface area (Å²) >= 11 is 5.97. The number of rotatable bonds is 5. The standard InChI is InChI=1S/C11H14ClO3P/c1-4-16-11(13)9-8(14-2)6-5-7(12)10(9)15-3/h5-6,16H,4H2,1-3H3. The lowest BCUT2D eigenvalue weighted by atomic mass is 10.2. The third-order valence-electron chi connectivity index (χ3n) is 2.06. The zero-order valence-electron chi connectivity index (χ0n) is 9.46. The summed E-state index contributed by atoms with van der Waals surface area (Å²) in [5, 5.41) is 0.424. The Balaban J connectivity index is 3.30. The molecule has 1 unspecified atom stereocenters. The zero-order valence-corrected chi connectivity index (χ0v) is 11.2. The molecule has 0 aliphatic heterocycles. The average Bonchev–Trinajstić information content (AvgIpc) is 2.28. The van der Waals surface area contributed by atoms with Crippen molar-refractivity contribution >= 4 is 25.7 Å². The highest BCUT2D eigenvalue weighted by Gasteiger charge is 2.20. The van der Waals surface area contributed by atoms with Gasteiger partial charge in [-0.05, 0) is 26.9 Å². The van der Waals surface area contributed by atoms with E-state index in [2.05, 4.69) is 0 Å². The molecule has 0 saturated carbocycles. The van der Waals surface area contributed by atoms with Gasteiger partial charge in [0.1, 0.15) is 11.3 Å². The molecule has 5 heteroatoms. The van der Waals surface area contributed by atoms with E-state index in [1.165, 1.54) is 14.2 Å². The summed E-state index contributed by atoms with van der Waals surface area (Å²) in [6.45, 7) is 1.96. The lowest BCUT2D eigenvalue weighted by Crippen LogP contribution is -2.01. The largest absolute Gasteiger partial charge is 0.496 e. The van der Waals surface area contributed by atoms with Gasteiger partial charge in [0, 0.05) is 0 Å². The van der Waals surface area contributed by atoms with E-state index in [9.17, 15) is 4.79 Å². The zero-order chi connectivity index (χ0) is 12.1. The highest BCUT2D eigenvalue weighted by molar-refractivity contribution is 7.58. The molecule has 0 saturated heterocycles. The van der Waals surface area contributed by atoms with Crippen LogP contribution in [-0.2, 0) is 0 Å². The summed E-state index contributed by atoms with van der Waals surface area (Å²) in [6, 6.07) is 3.34. The fourth-order valence-corrected chi connectivity index (χ4v) is 2.34. The lowest BCUT2D eigenvalue weighted by Gasteiger charge is -2.13. The minimum atomic E-state index is 0.0127. The van der Waals surface area contributed by atoms with Gasteiger partial charge in [-0.2, -0.15) is 0 Å². The number of carbonyl (C=O) groups is 1. The Bertz CT molecular complexity index is 393. The molecule has 0 aliphatic rings. The van der Waals surface area contributed by atoms with Gasteiger partial charge in [0.25, 0.3) is 0 Å². The van der Waals surface area contributed by atoms with Crippen LogP contribution in [0, 0.1) is 0 Å². The summed E-state index contributed by atoms with van der Waals surface area (Å²) in [7, 11) is 3.22. The number of methoxy groups -OCH3 is 2. The van der Waals surface area contributed by atoms with E-state index in [1.807, 2.05) is 6.92 Å². The van der Waals surface area contributed by atoms with Gasteiger partial charge in [-0.1, -0.05) is 18.5 Å². The van der Waals surface area contributed by atoms with Gasteiger partial charge in [-0.15, -0.1) is 0 Å². The summed E-state index contributed by atoms with van der Waals surface area (Å²) in [6.07, 6.45) is 0.803. The second-order valence-corrected chi connectivity index (χ2v) is 4.94. The highest BCUT2D eigenvalue weighted by Crippen LogP contribution is 2.38. The topological polar surface area (TPSA) is 35.5 Å². The van der Waals surface area contributed by atoms with E-state index >= 15 is 0 Å². The third-order valence-corrected chi connectivity index (χ3v) is 3.28. The van der Waals surface area contributed by atoms with E-state index in [4.69, 9.17) is 21.1 Å². The molecule has 16 heavy (non-hydrogen) atoms. The molecular weight excluding hydrogens is 247 g/mol. The Morgan fingerprint density at radius 2 is 2.06 bits per heavy atom. The predicted molar refractivity (Wildman–Crippen MR) is 67.7 cm³/mol. The van der Waals surface area contributed by atoms with Gasteiger partial charge in [0.15, 0.2) is 11.3 Å². The summed E-state index contributed by atoms with van der Waals surface area (Å²) in [4.78, 5) is 12.0. The van der Waals surface area contributed by atoms with Crippen molar-refractivity contribution < 1.29 is 14.3 Å². The molecular formula is C11H14ClO3P. The van der Waals surface area contributed by atoms with Crippen LogP contribution in [0.3, 0.4) is 0 Å². The average molecular weight is 261 g/mol. The van der Waals surface area contributed by atoms with E-state index in [0.29, 0.717) is 22.1 Å². The van der Waals surface area contributed by atoms with Crippen molar-refractivity contribution in [1.82, 2.24) is 0 Å². The van der Waals surface area contributed by atoms with E-state index in [0.717, 1.165) is 6.16 Å². The Labute approximate surface area is 102 Å². The minimum absolute atomic E-state index is 0.0127. The third kappa shape index (κ3) is 2.66. The molecule has 1 atom stereocenters. The molecule has 1 rings (SSSR count). The number of hydrogen-bond donors (Lipinski definition) is 0. The first-order valence-electron chi connectivity index (χ1n) is 4.84. The molecule has 0 N–H and O–H groups in total. The van der Waals surface area contributed by atoms with E-state index in [-0.39, 0.29) is 14.1 Å². The molecule has 1 aromatic rings. The van der Waals surface area contributed by atoms with Crippen LogP contribution in [0.1, 0.15) is 17.3 Å². The molecule has 0 radical (unpaired) electrons. The number of benzene rings is 1. The first-order valence-corrected chi connectivity index (χ1v) is 6.42. The Morgan fingerprint density at radius 1 is 1.38 bits per heavy atom. The van der Waals surface area contributed by atoms with Crippen molar-refractivity contribution in [1.29, 1.82) is 0 Å². The number of ether oxygens (including phenoxy) is 2. The Kier molecular flexibility index (Phi) is 5.04. The number of carbonyl (C=O) groups excluding carboxylic acids is 1. The van der Waals surface area contributed by atoms with Crippen LogP contribution in [-0.4, -0.2) is 25.9 Å². The lowest BCUT2D eigenvalue weighted by molar-refractivity contribution is 0.108. The molecule has 3 nitrogen and oxygen atoms in total. The normalized spacial score (nSPS) is 10.8. The molecule has 88 valence electrons. The molecule has 0 aromatic heterocycles. The Hall–Kier alpha value is -0.790. The molecule has 1 aromatic carbocycles. The van der Waals surface area contributed by atoms with E-state index < -0.39 is 0 Å². The van der Waals surface area contributed by atoms with Gasteiger partial charge >= 0.3 is 0 Å². The maximum atomic E-state index is 12.0. The molecule has 0 bridgehead atoms. The van der Waals surface area contributed by atoms with Crippen molar-refractivity contribution in [3.05, 3.63) is 22.7 Å². The minimum Gasteiger partial charge on any atom is -0.496 e. The van der Waals surface area contributed by atoms with Crippen LogP contribution in [0.15, 0.2) is 12.1 Å². The van der Waals surface area contributed by atoms with Crippen molar-refractivity contribution in [2.45, 2.75) is 6.92 Å². The molecule has 0 aliphatic carbocycles. The Morgan fingerprint density at radius 3 is 2.56 bits per heavy atom. The number of hydrogen-bond acceptors (Lipinski definition) is 3. The van der Waals surface area contributed by atoms with Crippen molar-refractivity contribution in [2.75, 3.05) is 20.4 Å². The van der Waals surface area contributed by atoms with Crippen molar-refractivity contribution in [3.63, 3.8) is 0 Å². The maximum Gasteiger partial charge on any atom is 0.188 e. The first kappa shape index (κ1) is 13.3. The monoisotopic (exact) mass is 260 g/mol. The van der Waals surface area contributed by atoms with Gasteiger partial charge < -0.3 is 9.47 Å². The highest BCUT2D eigenvalue weighted by atomic mass is 35.5. The SMILES string of the molecule is CCPC(=O)c1c(OC)ccc(Cl)c1OC. The van der Waals surface area contributed by atoms with Gasteiger partial charge in [0.05, 0.1) is 19.2 Å². The summed E-state index contributed by atoms with van der Waals surface area (Å²) in [5.74, 6) is 0.902. The van der Waals surface area contributed by atoms with Crippen molar-refractivity contribution in [3.8, 4) is 11.5 Å². The maximum absolute atomic E-state index is 12.0. The van der Waals surface area contributed by atoms with Crippen molar-refractivity contribution in [2.24, 2.45) is 0 Å². The van der Waals surface area contributed by atoms with Crippen LogP contribution >= 0.6 is 20.2 Å². The summed E-state index contributed by atoms with van der Waals surface area (Å²) < 4.78 is 10.3. The molecule has 0 fully saturated rings. The van der Waals surface area contributed by atoms with Crippen LogP contribution in [0.4, 0.5) is 0 Å². The van der Waals surface area contributed by atoms with Gasteiger partial charge in [-0.3, -0.25) is 4.79 Å². The number of halogens is 1. The predicted octanol–water partition coefficient (Wildman–Crippen LogP) is 3.20. The molecule has 0 spiro atoms. The first-order chi connectivity index (χ1) is 7.65. The summed E-state index contributed by atoms with van der Waals surface area (Å²) in [5.41, 5.74) is 0.455. The molecule has 0 heterocycles. The van der Waals surface area contributed by atoms with Crippen LogP contribution in [0.25, 0.3) is 0 Å². The van der Waals surface area contributed by atoms with Crippen LogP contribution < -0.4 is 9.47 Å². The second kappa shape index (κ2) is 6.07. The molecule has 0 amide bonds. The quantitative estimate of drug-likeness (QED) is 0.763.